The molecule has 1 amide bonds. The van der Waals surface area contributed by atoms with Gasteiger partial charge in [0.05, 0.1) is 0 Å². The van der Waals surface area contributed by atoms with Crippen molar-refractivity contribution in [3.8, 4) is 5.75 Å². The van der Waals surface area contributed by atoms with Gasteiger partial charge in [0, 0.05) is 10.7 Å². The molecule has 0 aliphatic carbocycles. The first-order chi connectivity index (χ1) is 10.1. The lowest BCUT2D eigenvalue weighted by molar-refractivity contribution is -0.118. The number of carbonyl (C=O) groups is 2. The standard InChI is InChI=1S/C15H12ClNO4/c16-10-4-3-5-11(8-10)17-14(18)9-21-13-7-2-1-6-12(13)15(19)20/h1-8H,9H2,(H,17,18)(H,19,20). The van der Waals surface area contributed by atoms with Gasteiger partial charge in [0.2, 0.25) is 0 Å². The average Bonchev–Trinajstić information content (AvgIpc) is 2.45. The molecule has 2 N–H and O–H groups in total. The van der Waals surface area contributed by atoms with Crippen LogP contribution >= 0.6 is 11.6 Å². The first-order valence-electron chi connectivity index (χ1n) is 6.07. The number of amides is 1. The van der Waals surface area contributed by atoms with Crippen molar-refractivity contribution in [2.24, 2.45) is 0 Å². The number of ether oxygens (including phenoxy) is 1. The first kappa shape index (κ1) is 14.9. The molecule has 2 aromatic carbocycles. The molecule has 2 rings (SSSR count). The number of halogens is 1. The van der Waals surface area contributed by atoms with Crippen LogP contribution in [-0.2, 0) is 4.79 Å². The van der Waals surface area contributed by atoms with Gasteiger partial charge in [0.1, 0.15) is 11.3 Å². The van der Waals surface area contributed by atoms with Gasteiger partial charge in [-0.15, -0.1) is 0 Å². The molecule has 0 radical (unpaired) electrons. The second-order valence-electron chi connectivity index (χ2n) is 4.15. The van der Waals surface area contributed by atoms with Gasteiger partial charge in [-0.3, -0.25) is 4.79 Å². The predicted octanol–water partition coefficient (Wildman–Crippen LogP) is 3.06. The van der Waals surface area contributed by atoms with Crippen LogP contribution < -0.4 is 10.1 Å². The molecule has 0 atom stereocenters. The minimum absolute atomic E-state index is 0.00746. The second kappa shape index (κ2) is 6.76. The van der Waals surface area contributed by atoms with Gasteiger partial charge in [-0.25, -0.2) is 4.79 Å². The van der Waals surface area contributed by atoms with E-state index in [4.69, 9.17) is 21.4 Å². The molecule has 108 valence electrons. The summed E-state index contributed by atoms with van der Waals surface area (Å²) in [6.45, 7) is -0.295. The van der Waals surface area contributed by atoms with Crippen LogP contribution in [0.15, 0.2) is 48.5 Å². The Kier molecular flexibility index (Phi) is 4.79. The number of carbonyl (C=O) groups excluding carboxylic acids is 1. The van der Waals surface area contributed by atoms with Crippen molar-refractivity contribution in [3.05, 3.63) is 59.1 Å². The molecule has 6 heteroatoms. The summed E-state index contributed by atoms with van der Waals surface area (Å²) in [6, 6.07) is 12.8. The van der Waals surface area contributed by atoms with Gasteiger partial charge in [0.25, 0.3) is 5.91 Å². The summed E-state index contributed by atoms with van der Waals surface area (Å²) < 4.78 is 5.24. The molecule has 0 heterocycles. The number of benzene rings is 2. The van der Waals surface area contributed by atoms with Crippen LogP contribution in [0, 0.1) is 0 Å². The Morgan fingerprint density at radius 3 is 2.62 bits per heavy atom. The number of hydrogen-bond acceptors (Lipinski definition) is 3. The summed E-state index contributed by atoms with van der Waals surface area (Å²) >= 11 is 5.81. The molecule has 5 nitrogen and oxygen atoms in total. The second-order valence-corrected chi connectivity index (χ2v) is 4.58. The van der Waals surface area contributed by atoms with Crippen LogP contribution in [0.5, 0.6) is 5.75 Å². The molecule has 0 aliphatic heterocycles. The summed E-state index contributed by atoms with van der Waals surface area (Å²) in [5.41, 5.74) is 0.552. The zero-order chi connectivity index (χ0) is 15.2. The van der Waals surface area contributed by atoms with Crippen LogP contribution in [0.1, 0.15) is 10.4 Å². The molecule has 0 saturated carbocycles. The molecule has 0 bridgehead atoms. The molecule has 21 heavy (non-hydrogen) atoms. The fourth-order valence-corrected chi connectivity index (χ4v) is 1.87. The largest absolute Gasteiger partial charge is 0.483 e. The average molecular weight is 306 g/mol. The van der Waals surface area contributed by atoms with E-state index in [1.54, 1.807) is 36.4 Å². The quantitative estimate of drug-likeness (QED) is 0.890. The minimum atomic E-state index is -1.11. The number of aromatic carboxylic acids is 1. The van der Waals surface area contributed by atoms with E-state index in [1.807, 2.05) is 0 Å². The fraction of sp³-hybridized carbons (Fsp3) is 0.0667. The Morgan fingerprint density at radius 2 is 1.90 bits per heavy atom. The third-order valence-corrected chi connectivity index (χ3v) is 2.82. The first-order valence-corrected chi connectivity index (χ1v) is 6.44. The van der Waals surface area contributed by atoms with Gasteiger partial charge in [-0.05, 0) is 30.3 Å². The maximum Gasteiger partial charge on any atom is 0.339 e. The van der Waals surface area contributed by atoms with E-state index in [0.717, 1.165) is 0 Å². The molecule has 0 unspecified atom stereocenters. The maximum absolute atomic E-state index is 11.8. The molecule has 0 fully saturated rings. The van der Waals surface area contributed by atoms with Gasteiger partial charge in [-0.1, -0.05) is 29.8 Å². The zero-order valence-corrected chi connectivity index (χ0v) is 11.6. The fourth-order valence-electron chi connectivity index (χ4n) is 1.68. The number of rotatable bonds is 5. The Hall–Kier alpha value is -2.53. The van der Waals surface area contributed by atoms with E-state index in [9.17, 15) is 9.59 Å². The van der Waals surface area contributed by atoms with E-state index in [2.05, 4.69) is 5.32 Å². The van der Waals surface area contributed by atoms with Gasteiger partial charge in [0.15, 0.2) is 6.61 Å². The van der Waals surface area contributed by atoms with Crippen molar-refractivity contribution in [2.45, 2.75) is 0 Å². The molecular weight excluding hydrogens is 294 g/mol. The van der Waals surface area contributed by atoms with E-state index in [1.165, 1.54) is 12.1 Å². The molecule has 0 aliphatic rings. The topological polar surface area (TPSA) is 75.6 Å². The Balaban J connectivity index is 1.97. The van der Waals surface area contributed by atoms with E-state index >= 15 is 0 Å². The van der Waals surface area contributed by atoms with E-state index < -0.39 is 11.9 Å². The van der Waals surface area contributed by atoms with Crippen LogP contribution in [-0.4, -0.2) is 23.6 Å². The molecule has 0 aromatic heterocycles. The molecule has 2 aromatic rings. The highest BCUT2D eigenvalue weighted by molar-refractivity contribution is 6.30. The summed E-state index contributed by atoms with van der Waals surface area (Å²) in [4.78, 5) is 22.8. The summed E-state index contributed by atoms with van der Waals surface area (Å²) in [5.74, 6) is -1.37. The number of carboxylic acid groups (broad SMARTS) is 1. The number of nitrogens with one attached hydrogen (secondary N) is 1. The van der Waals surface area contributed by atoms with E-state index in [0.29, 0.717) is 10.7 Å². The Morgan fingerprint density at radius 1 is 1.14 bits per heavy atom. The monoisotopic (exact) mass is 305 g/mol. The smallest absolute Gasteiger partial charge is 0.339 e. The summed E-state index contributed by atoms with van der Waals surface area (Å²) in [7, 11) is 0. The number of carboxylic acids is 1. The Labute approximate surface area is 126 Å². The maximum atomic E-state index is 11.8. The Bertz CT molecular complexity index is 672. The highest BCUT2D eigenvalue weighted by Gasteiger charge is 2.11. The van der Waals surface area contributed by atoms with Crippen molar-refractivity contribution < 1.29 is 19.4 Å². The van der Waals surface area contributed by atoms with E-state index in [-0.39, 0.29) is 17.9 Å². The van der Waals surface area contributed by atoms with Crippen LogP contribution in [0.3, 0.4) is 0 Å². The summed E-state index contributed by atoms with van der Waals surface area (Å²) in [6.07, 6.45) is 0. The zero-order valence-electron chi connectivity index (χ0n) is 10.9. The van der Waals surface area contributed by atoms with Crippen molar-refractivity contribution in [3.63, 3.8) is 0 Å². The van der Waals surface area contributed by atoms with Crippen LogP contribution in [0.25, 0.3) is 0 Å². The van der Waals surface area contributed by atoms with Crippen molar-refractivity contribution in [1.82, 2.24) is 0 Å². The van der Waals surface area contributed by atoms with Gasteiger partial charge in [-0.2, -0.15) is 0 Å². The normalized spacial score (nSPS) is 9.95. The van der Waals surface area contributed by atoms with Gasteiger partial charge >= 0.3 is 5.97 Å². The number of para-hydroxylation sites is 1. The third-order valence-electron chi connectivity index (χ3n) is 2.58. The lowest BCUT2D eigenvalue weighted by Gasteiger charge is -2.09. The number of anilines is 1. The van der Waals surface area contributed by atoms with Crippen molar-refractivity contribution in [1.29, 1.82) is 0 Å². The highest BCUT2D eigenvalue weighted by Crippen LogP contribution is 2.18. The molecule has 0 saturated heterocycles. The van der Waals surface area contributed by atoms with Crippen molar-refractivity contribution >= 4 is 29.2 Å². The highest BCUT2D eigenvalue weighted by atomic mass is 35.5. The number of hydrogen-bond donors (Lipinski definition) is 2. The lowest BCUT2D eigenvalue weighted by atomic mass is 10.2. The van der Waals surface area contributed by atoms with Gasteiger partial charge < -0.3 is 15.2 Å². The predicted molar refractivity (Wildman–Crippen MR) is 79.0 cm³/mol. The minimum Gasteiger partial charge on any atom is -0.483 e. The van der Waals surface area contributed by atoms with Crippen LogP contribution in [0.4, 0.5) is 5.69 Å². The molecule has 0 spiro atoms. The third kappa shape index (κ3) is 4.22. The SMILES string of the molecule is O=C(COc1ccccc1C(=O)O)Nc1cccc(Cl)c1. The molecular formula is C15H12ClNO4. The lowest BCUT2D eigenvalue weighted by Crippen LogP contribution is -2.20. The van der Waals surface area contributed by atoms with Crippen LogP contribution in [0.2, 0.25) is 5.02 Å². The summed E-state index contributed by atoms with van der Waals surface area (Å²) in [5, 5.41) is 12.1. The van der Waals surface area contributed by atoms with Crippen molar-refractivity contribution in [2.75, 3.05) is 11.9 Å².